The van der Waals surface area contributed by atoms with Gasteiger partial charge in [-0.2, -0.15) is 0 Å². The summed E-state index contributed by atoms with van der Waals surface area (Å²) in [6, 6.07) is 0. The van der Waals surface area contributed by atoms with Crippen LogP contribution in [0.3, 0.4) is 0 Å². The zero-order valence-corrected chi connectivity index (χ0v) is 4.43. The molecule has 0 aromatic heterocycles. The van der Waals surface area contributed by atoms with Gasteiger partial charge in [0.1, 0.15) is 0 Å². The zero-order valence-electron chi connectivity index (χ0n) is 4.43. The number of nitrogens with one attached hydrogen (secondary N) is 1. The number of alkyl carbamates (subject to hydrolysis) is 1. The largest absolute Gasteiger partial charge is 0.420 e. The summed E-state index contributed by atoms with van der Waals surface area (Å²) in [6.45, 7) is 3.13. The molecule has 0 spiro atoms. The Labute approximate surface area is 50.8 Å². The van der Waals surface area contributed by atoms with Crippen molar-refractivity contribution in [2.75, 3.05) is 0 Å². The maximum atomic E-state index is 10.4. The van der Waals surface area contributed by atoms with Gasteiger partial charge in [-0.3, -0.25) is 10.1 Å². The van der Waals surface area contributed by atoms with Crippen molar-refractivity contribution in [3.05, 3.63) is 18.1 Å². The minimum atomic E-state index is -0.772. The Morgan fingerprint density at radius 1 is 1.56 bits per heavy atom. The van der Waals surface area contributed by atoms with E-state index in [0.717, 1.165) is 0 Å². The van der Waals surface area contributed by atoms with Gasteiger partial charge in [-0.1, -0.05) is 12.3 Å². The summed E-state index contributed by atoms with van der Waals surface area (Å²) >= 11 is 0. The number of carbonyl (C=O) groups is 2. The minimum Gasteiger partial charge on any atom is -0.395 e. The number of ether oxygens (including phenoxy) is 1. The molecule has 1 aliphatic rings. The molecule has 1 aliphatic heterocycles. The molecule has 0 unspecified atom stereocenters. The Hall–Kier alpha value is -1.54. The summed E-state index contributed by atoms with van der Waals surface area (Å²) < 4.78 is 4.27. The standard InChI is InChI=1S/C5H3NO3/c1-2-3-4(7)6-5(8)9-3/h1H2,(H,6,7,8). The van der Waals surface area contributed by atoms with Crippen molar-refractivity contribution in [3.63, 3.8) is 0 Å². The van der Waals surface area contributed by atoms with E-state index in [2.05, 4.69) is 17.0 Å². The first-order chi connectivity index (χ1) is 4.24. The number of amides is 2. The topological polar surface area (TPSA) is 55.4 Å². The van der Waals surface area contributed by atoms with E-state index >= 15 is 0 Å². The number of rotatable bonds is 0. The van der Waals surface area contributed by atoms with Gasteiger partial charge in [0.15, 0.2) is 0 Å². The summed E-state index contributed by atoms with van der Waals surface area (Å²) in [4.78, 5) is 20.6. The van der Waals surface area contributed by atoms with Gasteiger partial charge >= 0.3 is 12.0 Å². The quantitative estimate of drug-likeness (QED) is 0.364. The van der Waals surface area contributed by atoms with Crippen molar-refractivity contribution >= 4 is 12.0 Å². The second kappa shape index (κ2) is 1.76. The fraction of sp³-hybridized carbons (Fsp3) is 0. The first-order valence-electron chi connectivity index (χ1n) is 2.17. The molecule has 0 aromatic carbocycles. The van der Waals surface area contributed by atoms with Crippen molar-refractivity contribution < 1.29 is 14.3 Å². The number of hydrogen-bond acceptors (Lipinski definition) is 3. The highest BCUT2D eigenvalue weighted by Crippen LogP contribution is 2.02. The van der Waals surface area contributed by atoms with Crippen LogP contribution < -0.4 is 5.32 Å². The molecule has 4 nitrogen and oxygen atoms in total. The molecule has 1 heterocycles. The molecular weight excluding hydrogens is 122 g/mol. The molecule has 1 rings (SSSR count). The van der Waals surface area contributed by atoms with E-state index in [1.807, 2.05) is 5.32 Å². The summed E-state index contributed by atoms with van der Waals surface area (Å²) in [5.74, 6) is -0.755. The van der Waals surface area contributed by atoms with Crippen LogP contribution in [0.2, 0.25) is 0 Å². The van der Waals surface area contributed by atoms with Crippen molar-refractivity contribution in [1.29, 1.82) is 0 Å². The Kier molecular flexibility index (Phi) is 1.09. The van der Waals surface area contributed by atoms with Gasteiger partial charge in [0.05, 0.1) is 0 Å². The highest BCUT2D eigenvalue weighted by atomic mass is 16.6. The maximum absolute atomic E-state index is 10.4. The van der Waals surface area contributed by atoms with Crippen LogP contribution in [0.4, 0.5) is 4.79 Å². The Bertz CT molecular complexity index is 224. The number of carbonyl (C=O) groups excluding carboxylic acids is 2. The van der Waals surface area contributed by atoms with E-state index in [0.29, 0.717) is 0 Å². The van der Waals surface area contributed by atoms with Gasteiger partial charge < -0.3 is 4.74 Å². The zero-order chi connectivity index (χ0) is 6.85. The Morgan fingerprint density at radius 2 is 2.22 bits per heavy atom. The Morgan fingerprint density at radius 3 is 2.44 bits per heavy atom. The number of hydrogen-bond donors (Lipinski definition) is 1. The first-order valence-corrected chi connectivity index (χ1v) is 2.17. The highest BCUT2D eigenvalue weighted by Gasteiger charge is 2.25. The first kappa shape index (κ1) is 5.59. The number of imide groups is 1. The third kappa shape index (κ3) is 0.828. The molecule has 2 amide bonds. The van der Waals surface area contributed by atoms with Gasteiger partial charge in [0.25, 0.3) is 0 Å². The smallest absolute Gasteiger partial charge is 0.395 e. The van der Waals surface area contributed by atoms with E-state index in [1.165, 1.54) is 0 Å². The molecule has 0 aromatic rings. The van der Waals surface area contributed by atoms with E-state index in [-0.39, 0.29) is 5.76 Å². The van der Waals surface area contributed by atoms with E-state index in [9.17, 15) is 9.59 Å². The molecule has 46 valence electrons. The van der Waals surface area contributed by atoms with Crippen molar-refractivity contribution in [3.8, 4) is 0 Å². The lowest BCUT2D eigenvalue weighted by atomic mass is 10.5. The predicted octanol–water partition coefficient (Wildman–Crippen LogP) is -0.0784. The van der Waals surface area contributed by atoms with Crippen LogP contribution in [-0.2, 0) is 9.53 Å². The van der Waals surface area contributed by atoms with Crippen LogP contribution in [0.1, 0.15) is 0 Å². The van der Waals surface area contributed by atoms with Gasteiger partial charge in [-0.05, 0) is 0 Å². The lowest BCUT2D eigenvalue weighted by molar-refractivity contribution is -0.116. The molecule has 0 saturated carbocycles. The monoisotopic (exact) mass is 125 g/mol. The lowest BCUT2D eigenvalue weighted by Crippen LogP contribution is -2.18. The molecule has 9 heavy (non-hydrogen) atoms. The predicted molar refractivity (Wildman–Crippen MR) is 27.3 cm³/mol. The molecule has 0 atom stereocenters. The van der Waals surface area contributed by atoms with Gasteiger partial charge in [0.2, 0.25) is 5.76 Å². The fourth-order valence-electron chi connectivity index (χ4n) is 0.430. The molecule has 1 saturated heterocycles. The van der Waals surface area contributed by atoms with Crippen LogP contribution in [0.5, 0.6) is 0 Å². The third-order valence-corrected chi connectivity index (χ3v) is 0.777. The fourth-order valence-corrected chi connectivity index (χ4v) is 0.430. The minimum absolute atomic E-state index is 0.167. The molecule has 1 N–H and O–H groups in total. The van der Waals surface area contributed by atoms with E-state index in [4.69, 9.17) is 0 Å². The van der Waals surface area contributed by atoms with Gasteiger partial charge in [-0.25, -0.2) is 4.79 Å². The summed E-state index contributed by atoms with van der Waals surface area (Å²) in [7, 11) is 0. The molecule has 0 radical (unpaired) electrons. The summed E-state index contributed by atoms with van der Waals surface area (Å²) in [6.07, 6.45) is -0.772. The van der Waals surface area contributed by atoms with Gasteiger partial charge in [0, 0.05) is 0 Å². The average Bonchev–Trinajstić information content (AvgIpc) is 2.10. The van der Waals surface area contributed by atoms with Crippen LogP contribution >= 0.6 is 0 Å². The third-order valence-electron chi connectivity index (χ3n) is 0.777. The summed E-state index contributed by atoms with van der Waals surface area (Å²) in [5.41, 5.74) is 2.16. The molecule has 4 heteroatoms. The summed E-state index contributed by atoms with van der Waals surface area (Å²) in [5, 5.41) is 1.88. The van der Waals surface area contributed by atoms with Crippen LogP contribution in [0.25, 0.3) is 0 Å². The number of cyclic esters (lactones) is 1. The second-order valence-electron chi connectivity index (χ2n) is 1.35. The van der Waals surface area contributed by atoms with Crippen LogP contribution in [0.15, 0.2) is 18.1 Å². The normalized spacial score (nSPS) is 16.7. The Balaban J connectivity index is 2.94. The van der Waals surface area contributed by atoms with Gasteiger partial charge in [-0.15, -0.1) is 0 Å². The van der Waals surface area contributed by atoms with E-state index < -0.39 is 12.0 Å². The lowest BCUT2D eigenvalue weighted by Gasteiger charge is -1.80. The SMILES string of the molecule is C=C=C1OC(=O)NC1=O. The van der Waals surface area contributed by atoms with Crippen LogP contribution in [-0.4, -0.2) is 12.0 Å². The molecule has 1 fully saturated rings. The molecule has 0 bridgehead atoms. The van der Waals surface area contributed by atoms with Crippen molar-refractivity contribution in [2.45, 2.75) is 0 Å². The average molecular weight is 125 g/mol. The van der Waals surface area contributed by atoms with E-state index in [1.54, 1.807) is 0 Å². The van der Waals surface area contributed by atoms with Crippen molar-refractivity contribution in [1.82, 2.24) is 5.32 Å². The second-order valence-corrected chi connectivity index (χ2v) is 1.35. The molecular formula is C5H3NO3. The maximum Gasteiger partial charge on any atom is 0.420 e. The molecule has 0 aliphatic carbocycles. The highest BCUT2D eigenvalue weighted by molar-refractivity contribution is 6.07. The van der Waals surface area contributed by atoms with Crippen molar-refractivity contribution in [2.24, 2.45) is 0 Å². The van der Waals surface area contributed by atoms with Crippen LogP contribution in [0, 0.1) is 0 Å².